The number of rotatable bonds is 2. The number of likely N-dealkylation sites (N-methyl/N-ethyl adjacent to an activating group) is 1. The second kappa shape index (κ2) is 7.72. The van der Waals surface area contributed by atoms with Crippen LogP contribution in [0.1, 0.15) is 13.3 Å². The fourth-order valence-corrected chi connectivity index (χ4v) is 7.03. The number of ketones is 5. The summed E-state index contributed by atoms with van der Waals surface area (Å²) < 4.78 is 0. The number of nitrogens with two attached hydrogens (primary N) is 1. The summed E-state index contributed by atoms with van der Waals surface area (Å²) in [4.78, 5) is 79.0. The number of carbonyl (C=O) groups excluding carboxylic acids is 6. The third-order valence-corrected chi connectivity index (χ3v) is 8.39. The topological polar surface area (TPSA) is 172 Å². The number of halogens is 1. The molecule has 0 heterocycles. The molecule has 0 saturated heterocycles. The first kappa shape index (κ1) is 24.1. The highest BCUT2D eigenvalue weighted by Crippen LogP contribution is 2.54. The predicted molar refractivity (Wildman–Crippen MR) is 115 cm³/mol. The summed E-state index contributed by atoms with van der Waals surface area (Å²) in [7, 11) is 2.90. The van der Waals surface area contributed by atoms with Gasteiger partial charge < -0.3 is 15.9 Å². The number of hydrogen-bond donors (Lipinski definition) is 3. The molecule has 4 unspecified atom stereocenters. The molecule has 33 heavy (non-hydrogen) atoms. The van der Waals surface area contributed by atoms with Crippen molar-refractivity contribution in [2.45, 2.75) is 35.9 Å². The van der Waals surface area contributed by atoms with E-state index in [4.69, 9.17) is 5.73 Å². The van der Waals surface area contributed by atoms with E-state index in [9.17, 15) is 39.0 Å². The average molecular weight is 525 g/mol. The van der Waals surface area contributed by atoms with Crippen molar-refractivity contribution < 1.29 is 39.0 Å². The van der Waals surface area contributed by atoms with Crippen LogP contribution in [0.2, 0.25) is 0 Å². The molecule has 10 nitrogen and oxygen atoms in total. The Balaban J connectivity index is 1.92. The smallest absolute Gasteiger partial charge is 0.235 e. The number of alkyl halides is 1. The normalized spacial score (nSPS) is 45.4. The molecular weight excluding hydrogens is 500 g/mol. The minimum atomic E-state index is -2.98. The van der Waals surface area contributed by atoms with Gasteiger partial charge in [0.25, 0.3) is 0 Å². The average Bonchev–Trinajstić information content (AvgIpc) is 2.70. The van der Waals surface area contributed by atoms with Crippen LogP contribution < -0.4 is 5.73 Å². The van der Waals surface area contributed by atoms with Crippen LogP contribution in [0.5, 0.6) is 0 Å². The minimum Gasteiger partial charge on any atom is -0.392 e. The molecule has 3 saturated carbocycles. The van der Waals surface area contributed by atoms with Crippen molar-refractivity contribution in [2.24, 2.45) is 41.2 Å². The van der Waals surface area contributed by atoms with E-state index in [1.165, 1.54) is 19.0 Å². The first-order chi connectivity index (χ1) is 15.3. The molecule has 4 aliphatic carbocycles. The summed E-state index contributed by atoms with van der Waals surface area (Å²) in [5.74, 6) is -14.3. The second-order valence-electron chi connectivity index (χ2n) is 9.69. The van der Waals surface area contributed by atoms with E-state index < -0.39 is 88.1 Å². The Hall–Kier alpha value is -2.08. The molecule has 0 aromatic rings. The largest absolute Gasteiger partial charge is 0.392 e. The van der Waals surface area contributed by atoms with Crippen LogP contribution in [0.25, 0.3) is 0 Å². The number of amides is 1. The summed E-state index contributed by atoms with van der Waals surface area (Å²) in [6.07, 6.45) is 0.138. The Bertz CT molecular complexity index is 1040. The lowest BCUT2D eigenvalue weighted by Crippen LogP contribution is -2.78. The number of allylic oxidation sites excluding steroid dienone is 2. The zero-order valence-corrected chi connectivity index (χ0v) is 19.8. The van der Waals surface area contributed by atoms with Gasteiger partial charge in [-0.1, -0.05) is 34.5 Å². The molecule has 3 fully saturated rings. The lowest BCUT2D eigenvalue weighted by molar-refractivity contribution is -0.201. The van der Waals surface area contributed by atoms with Crippen molar-refractivity contribution in [2.75, 3.05) is 14.1 Å². The van der Waals surface area contributed by atoms with E-state index in [1.807, 2.05) is 0 Å². The summed E-state index contributed by atoms with van der Waals surface area (Å²) in [5, 5.41) is 22.9. The van der Waals surface area contributed by atoms with E-state index in [0.29, 0.717) is 5.57 Å². The van der Waals surface area contributed by atoms with Crippen LogP contribution >= 0.6 is 15.9 Å². The lowest BCUT2D eigenvalue weighted by atomic mass is 9.47. The number of hydrogen-bond acceptors (Lipinski definition) is 9. The molecule has 4 rings (SSSR count). The SMILES string of the molecule is C[C@H]1C2=CC(Br)CC(=O)C2C(=O)C2C(=O)[C@]3(O)C(=O)C(C(N)=O)C(=O)[C@@H](N(C)C)[C@@H]3[C@@H](O)[C@@H]21. The number of fused-ring (bicyclic) bond motifs is 3. The highest BCUT2D eigenvalue weighted by atomic mass is 79.9. The van der Waals surface area contributed by atoms with Crippen LogP contribution in [-0.2, 0) is 28.8 Å². The van der Waals surface area contributed by atoms with Crippen molar-refractivity contribution in [3.05, 3.63) is 11.6 Å². The third-order valence-electron chi connectivity index (χ3n) is 7.80. The quantitative estimate of drug-likeness (QED) is 0.214. The Morgan fingerprint density at radius 3 is 2.30 bits per heavy atom. The van der Waals surface area contributed by atoms with Gasteiger partial charge in [-0.25, -0.2) is 0 Å². The van der Waals surface area contributed by atoms with E-state index in [1.54, 1.807) is 13.0 Å². The third kappa shape index (κ3) is 3.02. The molecule has 0 aromatic heterocycles. The van der Waals surface area contributed by atoms with E-state index in [2.05, 4.69) is 15.9 Å². The van der Waals surface area contributed by atoms with Crippen LogP contribution in [-0.4, -0.2) is 86.6 Å². The molecule has 0 spiro atoms. The minimum absolute atomic E-state index is 0.0353. The van der Waals surface area contributed by atoms with E-state index in [0.717, 1.165) is 0 Å². The lowest BCUT2D eigenvalue weighted by Gasteiger charge is -2.57. The first-order valence-electron chi connectivity index (χ1n) is 10.7. The Kier molecular flexibility index (Phi) is 5.63. The van der Waals surface area contributed by atoms with Gasteiger partial charge in [0.2, 0.25) is 5.91 Å². The van der Waals surface area contributed by atoms with Crippen LogP contribution in [0.15, 0.2) is 11.6 Å². The van der Waals surface area contributed by atoms with Gasteiger partial charge in [-0.15, -0.1) is 0 Å². The van der Waals surface area contributed by atoms with Crippen molar-refractivity contribution >= 4 is 50.8 Å². The van der Waals surface area contributed by atoms with Crippen LogP contribution in [0.4, 0.5) is 0 Å². The maximum atomic E-state index is 13.7. The first-order valence-corrected chi connectivity index (χ1v) is 11.6. The van der Waals surface area contributed by atoms with Crippen LogP contribution in [0, 0.1) is 35.5 Å². The zero-order valence-electron chi connectivity index (χ0n) is 18.2. The summed E-state index contributed by atoms with van der Waals surface area (Å²) >= 11 is 3.36. The molecule has 0 aliphatic heterocycles. The van der Waals surface area contributed by atoms with Gasteiger partial charge in [0.15, 0.2) is 34.7 Å². The van der Waals surface area contributed by atoms with Crippen molar-refractivity contribution in [1.29, 1.82) is 0 Å². The predicted octanol–water partition coefficient (Wildman–Crippen LogP) is -1.81. The Morgan fingerprint density at radius 1 is 1.15 bits per heavy atom. The van der Waals surface area contributed by atoms with Crippen molar-refractivity contribution in [3.63, 3.8) is 0 Å². The van der Waals surface area contributed by atoms with Gasteiger partial charge in [-0.2, -0.15) is 0 Å². The van der Waals surface area contributed by atoms with Gasteiger partial charge in [0, 0.05) is 17.2 Å². The monoisotopic (exact) mass is 524 g/mol. The zero-order chi connectivity index (χ0) is 24.7. The molecule has 1 amide bonds. The standard InChI is InChI=1S/C22H25BrN2O8/c1-6-8-4-7(23)5-9(26)11(8)16(27)12-10(6)17(28)14-15(25(2)3)18(29)13(21(24)32)20(31)22(14,33)19(12)30/h4,6-7,10-15,17,28,33H,5H2,1-3H3,(H2,24,32)/t6-,7?,10+,11?,12?,13?,14+,15-,17-,22-/m0/s1. The van der Waals surface area contributed by atoms with Crippen molar-refractivity contribution in [1.82, 2.24) is 4.90 Å². The molecule has 0 bridgehead atoms. The number of nitrogens with zero attached hydrogens (tertiary/aromatic N) is 1. The molecule has 0 aromatic carbocycles. The maximum Gasteiger partial charge on any atom is 0.235 e. The molecular formula is C22H25BrN2O8. The molecule has 178 valence electrons. The molecule has 0 radical (unpaired) electrons. The van der Waals surface area contributed by atoms with E-state index in [-0.39, 0.29) is 11.2 Å². The summed E-state index contributed by atoms with van der Waals surface area (Å²) in [6.45, 7) is 1.67. The van der Waals surface area contributed by atoms with Gasteiger partial charge in [0.1, 0.15) is 5.78 Å². The summed E-state index contributed by atoms with van der Waals surface area (Å²) in [6, 6.07) is -1.38. The number of Topliss-reactive ketones (excluding diaryl/α,β-unsaturated/α-hetero) is 5. The second-order valence-corrected chi connectivity index (χ2v) is 10.9. The molecule has 4 N–H and O–H groups in total. The number of aliphatic hydroxyl groups is 2. The Labute approximate surface area is 197 Å². The van der Waals surface area contributed by atoms with E-state index >= 15 is 0 Å². The Morgan fingerprint density at radius 2 is 1.76 bits per heavy atom. The molecule has 11 heteroatoms. The highest BCUT2D eigenvalue weighted by molar-refractivity contribution is 9.09. The number of primary amides is 1. The van der Waals surface area contributed by atoms with Crippen LogP contribution in [0.3, 0.4) is 0 Å². The molecule has 10 atom stereocenters. The maximum absolute atomic E-state index is 13.7. The fraction of sp³-hybridized carbons (Fsp3) is 0.636. The van der Waals surface area contributed by atoms with Gasteiger partial charge in [0.05, 0.1) is 29.9 Å². The fourth-order valence-electron chi connectivity index (χ4n) is 6.41. The highest BCUT2D eigenvalue weighted by Gasteiger charge is 2.73. The van der Waals surface area contributed by atoms with Crippen molar-refractivity contribution in [3.8, 4) is 0 Å². The van der Waals surface area contributed by atoms with Gasteiger partial charge >= 0.3 is 0 Å². The number of carbonyl (C=O) groups is 6. The summed E-state index contributed by atoms with van der Waals surface area (Å²) in [5.41, 5.74) is 2.76. The van der Waals surface area contributed by atoms with Gasteiger partial charge in [-0.3, -0.25) is 33.7 Å². The number of aliphatic hydroxyl groups excluding tert-OH is 1. The van der Waals surface area contributed by atoms with Gasteiger partial charge in [-0.05, 0) is 20.0 Å². The molecule has 4 aliphatic rings.